The van der Waals surface area contributed by atoms with Crippen LogP contribution in [0.5, 0.6) is 11.5 Å². The molecule has 2 N–H and O–H groups in total. The number of hydrogen-bond acceptors (Lipinski definition) is 2. The maximum atomic E-state index is 10.2. The first-order valence-corrected chi connectivity index (χ1v) is 5.59. The zero-order valence-corrected chi connectivity index (χ0v) is 9.57. The summed E-state index contributed by atoms with van der Waals surface area (Å²) >= 11 is 6.06. The Labute approximate surface area is 103 Å². The first kappa shape index (κ1) is 10.2. The highest BCUT2D eigenvalue weighted by Gasteiger charge is 2.13. The van der Waals surface area contributed by atoms with Crippen molar-refractivity contribution in [1.82, 2.24) is 0 Å². The smallest absolute Gasteiger partial charge is 0.133 e. The molecule has 3 aromatic carbocycles. The molecule has 3 aromatic rings. The predicted octanol–water partition coefficient (Wildman–Crippen LogP) is 4.06. The van der Waals surface area contributed by atoms with Crippen LogP contribution in [0, 0.1) is 0 Å². The number of phenols is 2. The van der Waals surface area contributed by atoms with Gasteiger partial charge in [-0.2, -0.15) is 0 Å². The van der Waals surface area contributed by atoms with Gasteiger partial charge >= 0.3 is 0 Å². The summed E-state index contributed by atoms with van der Waals surface area (Å²) in [5.74, 6) is 0.259. The van der Waals surface area contributed by atoms with Gasteiger partial charge in [0.25, 0.3) is 0 Å². The molecule has 2 nitrogen and oxygen atoms in total. The summed E-state index contributed by atoms with van der Waals surface area (Å²) in [4.78, 5) is 0. The van der Waals surface area contributed by atoms with Crippen LogP contribution >= 0.6 is 11.6 Å². The van der Waals surface area contributed by atoms with Crippen molar-refractivity contribution in [2.45, 2.75) is 0 Å². The lowest BCUT2D eigenvalue weighted by molar-refractivity contribution is 0.478. The SMILES string of the molecule is Oc1c2ccccc2c(O)c2c(Cl)cccc12. The monoisotopic (exact) mass is 244 g/mol. The molecule has 0 heterocycles. The Bertz CT molecular complexity index is 735. The van der Waals surface area contributed by atoms with Crippen LogP contribution in [0.15, 0.2) is 42.5 Å². The van der Waals surface area contributed by atoms with Gasteiger partial charge in [-0.3, -0.25) is 0 Å². The maximum Gasteiger partial charge on any atom is 0.133 e. The van der Waals surface area contributed by atoms with Gasteiger partial charge in [0.15, 0.2) is 0 Å². The van der Waals surface area contributed by atoms with E-state index < -0.39 is 0 Å². The molecule has 3 heteroatoms. The molecule has 0 saturated heterocycles. The Morgan fingerprint density at radius 3 is 2.00 bits per heavy atom. The van der Waals surface area contributed by atoms with Crippen molar-refractivity contribution >= 4 is 33.1 Å². The molecule has 84 valence electrons. The number of halogens is 1. The molecule has 3 rings (SSSR count). The Kier molecular flexibility index (Phi) is 2.13. The predicted molar refractivity (Wildman–Crippen MR) is 69.8 cm³/mol. The van der Waals surface area contributed by atoms with E-state index in [4.69, 9.17) is 11.6 Å². The van der Waals surface area contributed by atoms with Gasteiger partial charge < -0.3 is 10.2 Å². The molecule has 0 atom stereocenters. The number of fused-ring (bicyclic) bond motifs is 2. The fourth-order valence-electron chi connectivity index (χ4n) is 2.14. The first-order valence-electron chi connectivity index (χ1n) is 5.21. The van der Waals surface area contributed by atoms with E-state index >= 15 is 0 Å². The lowest BCUT2D eigenvalue weighted by Crippen LogP contribution is -1.81. The van der Waals surface area contributed by atoms with Crippen molar-refractivity contribution in [2.75, 3.05) is 0 Å². The minimum atomic E-state index is 0.110. The van der Waals surface area contributed by atoms with Crippen molar-refractivity contribution < 1.29 is 10.2 Å². The van der Waals surface area contributed by atoms with Crippen LogP contribution in [0.1, 0.15) is 0 Å². The Morgan fingerprint density at radius 1 is 0.706 bits per heavy atom. The lowest BCUT2D eigenvalue weighted by atomic mass is 10.0. The molecule has 0 aromatic heterocycles. The molecule has 0 spiro atoms. The third-order valence-corrected chi connectivity index (χ3v) is 3.26. The lowest BCUT2D eigenvalue weighted by Gasteiger charge is -2.10. The van der Waals surface area contributed by atoms with Crippen LogP contribution in [0.4, 0.5) is 0 Å². The summed E-state index contributed by atoms with van der Waals surface area (Å²) in [5, 5.41) is 23.1. The van der Waals surface area contributed by atoms with Gasteiger partial charge in [0.2, 0.25) is 0 Å². The molecule has 0 amide bonds. The van der Waals surface area contributed by atoms with Crippen molar-refractivity contribution in [3.8, 4) is 11.5 Å². The standard InChI is InChI=1S/C14H9ClO2/c15-11-7-3-6-10-12(11)14(17)9-5-2-1-4-8(9)13(10)16/h1-7,16-17H. The number of hydrogen-bond donors (Lipinski definition) is 2. The van der Waals surface area contributed by atoms with Crippen LogP contribution in [0.25, 0.3) is 21.5 Å². The summed E-state index contributed by atoms with van der Waals surface area (Å²) in [5.41, 5.74) is 0. The van der Waals surface area contributed by atoms with Crippen LogP contribution in [-0.4, -0.2) is 10.2 Å². The molecule has 0 bridgehead atoms. The van der Waals surface area contributed by atoms with Crippen LogP contribution < -0.4 is 0 Å². The molecule has 0 saturated carbocycles. The summed E-state index contributed by atoms with van der Waals surface area (Å²) in [6, 6.07) is 12.3. The maximum absolute atomic E-state index is 10.2. The van der Waals surface area contributed by atoms with E-state index in [1.54, 1.807) is 30.3 Å². The molecule has 0 fully saturated rings. The highest BCUT2D eigenvalue weighted by atomic mass is 35.5. The van der Waals surface area contributed by atoms with Crippen LogP contribution in [0.2, 0.25) is 5.02 Å². The third kappa shape index (κ3) is 1.34. The molecule has 17 heavy (non-hydrogen) atoms. The van der Waals surface area contributed by atoms with E-state index in [2.05, 4.69) is 0 Å². The van der Waals surface area contributed by atoms with E-state index in [9.17, 15) is 10.2 Å². The van der Waals surface area contributed by atoms with Gasteiger partial charge in [0.1, 0.15) is 11.5 Å². The third-order valence-electron chi connectivity index (χ3n) is 2.94. The number of aromatic hydroxyl groups is 2. The van der Waals surface area contributed by atoms with Crippen LogP contribution in [-0.2, 0) is 0 Å². The summed E-state index contributed by atoms with van der Waals surface area (Å²) < 4.78 is 0. The molecule has 0 aliphatic rings. The second kappa shape index (κ2) is 3.54. The largest absolute Gasteiger partial charge is 0.507 e. The second-order valence-corrected chi connectivity index (χ2v) is 4.31. The Balaban J connectivity index is 2.69. The molecule has 0 unspecified atom stereocenters. The van der Waals surface area contributed by atoms with E-state index in [-0.39, 0.29) is 11.5 Å². The van der Waals surface area contributed by atoms with E-state index in [1.165, 1.54) is 0 Å². The Hall–Kier alpha value is -1.93. The average Bonchev–Trinajstić information content (AvgIpc) is 2.36. The zero-order valence-electron chi connectivity index (χ0n) is 8.81. The van der Waals surface area contributed by atoms with Crippen molar-refractivity contribution in [2.24, 2.45) is 0 Å². The minimum Gasteiger partial charge on any atom is -0.507 e. The van der Waals surface area contributed by atoms with Gasteiger partial charge in [0, 0.05) is 21.5 Å². The minimum absolute atomic E-state index is 0.110. The second-order valence-electron chi connectivity index (χ2n) is 3.91. The molecule has 0 radical (unpaired) electrons. The van der Waals surface area contributed by atoms with Gasteiger partial charge in [-0.05, 0) is 6.07 Å². The summed E-state index contributed by atoms with van der Waals surface area (Å²) in [6.45, 7) is 0. The highest BCUT2D eigenvalue weighted by Crippen LogP contribution is 2.43. The first-order chi connectivity index (χ1) is 8.20. The van der Waals surface area contributed by atoms with Crippen molar-refractivity contribution in [3.63, 3.8) is 0 Å². The highest BCUT2D eigenvalue weighted by molar-refractivity contribution is 6.37. The van der Waals surface area contributed by atoms with E-state index in [0.29, 0.717) is 26.6 Å². The van der Waals surface area contributed by atoms with Gasteiger partial charge in [0.05, 0.1) is 5.02 Å². The molecular weight excluding hydrogens is 236 g/mol. The van der Waals surface area contributed by atoms with Crippen molar-refractivity contribution in [3.05, 3.63) is 47.5 Å². The quantitative estimate of drug-likeness (QED) is 0.463. The average molecular weight is 245 g/mol. The van der Waals surface area contributed by atoms with Crippen LogP contribution in [0.3, 0.4) is 0 Å². The molecular formula is C14H9ClO2. The number of benzene rings is 3. The van der Waals surface area contributed by atoms with Gasteiger partial charge in [-0.15, -0.1) is 0 Å². The van der Waals surface area contributed by atoms with Gasteiger partial charge in [-0.1, -0.05) is 48.0 Å². The van der Waals surface area contributed by atoms with Gasteiger partial charge in [-0.25, -0.2) is 0 Å². The fraction of sp³-hybridized carbons (Fsp3) is 0. The normalized spacial score (nSPS) is 11.1. The Morgan fingerprint density at radius 2 is 1.29 bits per heavy atom. The number of rotatable bonds is 0. The summed E-state index contributed by atoms with van der Waals surface area (Å²) in [6.07, 6.45) is 0. The number of phenolic OH excluding ortho intramolecular Hbond substituents is 2. The topological polar surface area (TPSA) is 40.5 Å². The molecule has 0 aliphatic carbocycles. The van der Waals surface area contributed by atoms with E-state index in [1.807, 2.05) is 12.1 Å². The molecule has 0 aliphatic heterocycles. The van der Waals surface area contributed by atoms with E-state index in [0.717, 1.165) is 0 Å². The zero-order chi connectivity index (χ0) is 12.0. The van der Waals surface area contributed by atoms with Crippen molar-refractivity contribution in [1.29, 1.82) is 0 Å². The summed E-state index contributed by atoms with van der Waals surface area (Å²) in [7, 11) is 0. The fourth-order valence-corrected chi connectivity index (χ4v) is 2.40.